The number of rotatable bonds is 5. The zero-order valence-corrected chi connectivity index (χ0v) is 14.5. The Kier molecular flexibility index (Phi) is 5.55. The molecule has 0 unspecified atom stereocenters. The van der Waals surface area contributed by atoms with Gasteiger partial charge in [-0.3, -0.25) is 4.79 Å². The number of aryl methyl sites for hydroxylation is 1. The van der Waals surface area contributed by atoms with E-state index in [1.54, 1.807) is 0 Å². The van der Waals surface area contributed by atoms with E-state index in [2.05, 4.69) is 50.9 Å². The summed E-state index contributed by atoms with van der Waals surface area (Å²) < 4.78 is 1.73. The van der Waals surface area contributed by atoms with Gasteiger partial charge >= 0.3 is 0 Å². The van der Waals surface area contributed by atoms with E-state index in [0.717, 1.165) is 20.9 Å². The van der Waals surface area contributed by atoms with Crippen molar-refractivity contribution in [2.75, 3.05) is 0 Å². The molecule has 0 amide bonds. The lowest BCUT2D eigenvalue weighted by atomic mass is 10.0. The molecule has 0 aliphatic heterocycles. The standard InChI is InChI=1S/C17H16Br2O/c1-2-3-4-12-5-7-13(8-6-12)17(20)15-11-14(18)9-10-16(15)19/h5-11H,2-4H2,1H3. The Morgan fingerprint density at radius 3 is 2.40 bits per heavy atom. The second-order valence-electron chi connectivity index (χ2n) is 4.75. The van der Waals surface area contributed by atoms with Crippen molar-refractivity contribution < 1.29 is 4.79 Å². The first-order valence-corrected chi connectivity index (χ1v) is 8.29. The van der Waals surface area contributed by atoms with Crippen molar-refractivity contribution in [2.45, 2.75) is 26.2 Å². The fraction of sp³-hybridized carbons (Fsp3) is 0.235. The van der Waals surface area contributed by atoms with Gasteiger partial charge in [0.1, 0.15) is 0 Å². The highest BCUT2D eigenvalue weighted by Gasteiger charge is 2.12. The SMILES string of the molecule is CCCCc1ccc(C(=O)c2cc(Br)ccc2Br)cc1. The summed E-state index contributed by atoms with van der Waals surface area (Å²) in [7, 11) is 0. The lowest BCUT2D eigenvalue weighted by Crippen LogP contribution is -2.02. The monoisotopic (exact) mass is 394 g/mol. The smallest absolute Gasteiger partial charge is 0.194 e. The molecule has 0 aliphatic carbocycles. The Balaban J connectivity index is 2.22. The molecule has 20 heavy (non-hydrogen) atoms. The molecule has 0 atom stereocenters. The van der Waals surface area contributed by atoms with Crippen molar-refractivity contribution in [3.05, 3.63) is 68.1 Å². The summed E-state index contributed by atoms with van der Waals surface area (Å²) in [6.45, 7) is 2.18. The Labute approximate surface area is 136 Å². The third-order valence-corrected chi connectivity index (χ3v) is 4.39. The maximum atomic E-state index is 12.5. The summed E-state index contributed by atoms with van der Waals surface area (Å²) in [4.78, 5) is 12.5. The molecule has 0 N–H and O–H groups in total. The molecule has 0 aromatic heterocycles. The van der Waals surface area contributed by atoms with Crippen LogP contribution in [0, 0.1) is 0 Å². The van der Waals surface area contributed by atoms with Crippen LogP contribution in [0.2, 0.25) is 0 Å². The zero-order chi connectivity index (χ0) is 14.5. The molecule has 0 fully saturated rings. The highest BCUT2D eigenvalue weighted by molar-refractivity contribution is 9.11. The maximum Gasteiger partial charge on any atom is 0.194 e. The molecule has 1 nitrogen and oxygen atoms in total. The highest BCUT2D eigenvalue weighted by Crippen LogP contribution is 2.24. The van der Waals surface area contributed by atoms with E-state index in [0.29, 0.717) is 5.56 Å². The van der Waals surface area contributed by atoms with Gasteiger partial charge in [-0.1, -0.05) is 69.5 Å². The van der Waals surface area contributed by atoms with Gasteiger partial charge in [-0.05, 0) is 36.6 Å². The van der Waals surface area contributed by atoms with Crippen LogP contribution >= 0.6 is 31.9 Å². The normalized spacial score (nSPS) is 10.6. The van der Waals surface area contributed by atoms with Crippen LogP contribution in [0.1, 0.15) is 41.3 Å². The lowest BCUT2D eigenvalue weighted by Gasteiger charge is -2.06. The van der Waals surface area contributed by atoms with Crippen LogP contribution in [0.5, 0.6) is 0 Å². The Morgan fingerprint density at radius 1 is 1.05 bits per heavy atom. The average Bonchev–Trinajstić information content (AvgIpc) is 2.47. The van der Waals surface area contributed by atoms with Crippen molar-refractivity contribution in [2.24, 2.45) is 0 Å². The Morgan fingerprint density at radius 2 is 1.75 bits per heavy atom. The van der Waals surface area contributed by atoms with Crippen LogP contribution in [-0.4, -0.2) is 5.78 Å². The second kappa shape index (κ2) is 7.19. The highest BCUT2D eigenvalue weighted by atomic mass is 79.9. The van der Waals surface area contributed by atoms with E-state index in [9.17, 15) is 4.79 Å². The summed E-state index contributed by atoms with van der Waals surface area (Å²) in [5.41, 5.74) is 2.70. The van der Waals surface area contributed by atoms with Gasteiger partial charge in [-0.2, -0.15) is 0 Å². The van der Waals surface area contributed by atoms with E-state index in [1.165, 1.54) is 18.4 Å². The average molecular weight is 396 g/mol. The van der Waals surface area contributed by atoms with Crippen molar-refractivity contribution in [3.63, 3.8) is 0 Å². The van der Waals surface area contributed by atoms with Gasteiger partial charge in [0.15, 0.2) is 5.78 Å². The maximum absolute atomic E-state index is 12.5. The third-order valence-electron chi connectivity index (χ3n) is 3.21. The van der Waals surface area contributed by atoms with Gasteiger partial charge in [0.05, 0.1) is 0 Å². The molecule has 3 heteroatoms. The first kappa shape index (κ1) is 15.5. The third kappa shape index (κ3) is 3.80. The number of carbonyl (C=O) groups excluding carboxylic acids is 1. The fourth-order valence-electron chi connectivity index (χ4n) is 2.03. The number of unbranched alkanes of at least 4 members (excludes halogenated alkanes) is 1. The number of benzene rings is 2. The number of ketones is 1. The molecule has 0 saturated carbocycles. The van der Waals surface area contributed by atoms with Crippen molar-refractivity contribution in [1.82, 2.24) is 0 Å². The predicted octanol–water partition coefficient (Wildman–Crippen LogP) is 5.79. The van der Waals surface area contributed by atoms with Crippen molar-refractivity contribution in [1.29, 1.82) is 0 Å². The van der Waals surface area contributed by atoms with Gasteiger partial charge in [-0.15, -0.1) is 0 Å². The van der Waals surface area contributed by atoms with Crippen LogP contribution in [0.4, 0.5) is 0 Å². The minimum atomic E-state index is 0.0419. The van der Waals surface area contributed by atoms with E-state index < -0.39 is 0 Å². The molecule has 0 heterocycles. The lowest BCUT2D eigenvalue weighted by molar-refractivity contribution is 0.103. The van der Waals surface area contributed by atoms with Gasteiger partial charge in [0.2, 0.25) is 0 Å². The number of carbonyl (C=O) groups is 1. The van der Waals surface area contributed by atoms with E-state index in [1.807, 2.05) is 30.3 Å². The molecule has 0 radical (unpaired) electrons. The quantitative estimate of drug-likeness (QED) is 0.586. The molecule has 0 saturated heterocycles. The topological polar surface area (TPSA) is 17.1 Å². The number of hydrogen-bond acceptors (Lipinski definition) is 1. The molecule has 2 aromatic carbocycles. The predicted molar refractivity (Wildman–Crippen MR) is 90.3 cm³/mol. The van der Waals surface area contributed by atoms with Gasteiger partial charge in [0.25, 0.3) is 0 Å². The summed E-state index contributed by atoms with van der Waals surface area (Å²) in [6, 6.07) is 13.6. The van der Waals surface area contributed by atoms with Crippen LogP contribution in [0.3, 0.4) is 0 Å². The van der Waals surface area contributed by atoms with Crippen LogP contribution in [0.15, 0.2) is 51.4 Å². The number of halogens is 2. The Hall–Kier alpha value is -0.930. The van der Waals surface area contributed by atoms with Crippen molar-refractivity contribution in [3.8, 4) is 0 Å². The van der Waals surface area contributed by atoms with Crippen LogP contribution < -0.4 is 0 Å². The summed E-state index contributed by atoms with van der Waals surface area (Å²) in [5, 5.41) is 0. The molecular formula is C17H16Br2O. The molecule has 2 rings (SSSR count). The zero-order valence-electron chi connectivity index (χ0n) is 11.3. The van der Waals surface area contributed by atoms with E-state index in [4.69, 9.17) is 0 Å². The molecular weight excluding hydrogens is 380 g/mol. The summed E-state index contributed by atoms with van der Waals surface area (Å²) >= 11 is 6.84. The van der Waals surface area contributed by atoms with Gasteiger partial charge in [-0.25, -0.2) is 0 Å². The molecule has 0 bridgehead atoms. The first-order valence-electron chi connectivity index (χ1n) is 6.70. The van der Waals surface area contributed by atoms with Crippen LogP contribution in [0.25, 0.3) is 0 Å². The molecule has 0 aliphatic rings. The molecule has 0 spiro atoms. The minimum Gasteiger partial charge on any atom is -0.289 e. The van der Waals surface area contributed by atoms with Crippen LogP contribution in [-0.2, 0) is 6.42 Å². The van der Waals surface area contributed by atoms with Gasteiger partial charge < -0.3 is 0 Å². The summed E-state index contributed by atoms with van der Waals surface area (Å²) in [6.07, 6.45) is 3.45. The Bertz CT molecular complexity index is 603. The van der Waals surface area contributed by atoms with E-state index in [-0.39, 0.29) is 5.78 Å². The molecule has 2 aromatic rings. The largest absolute Gasteiger partial charge is 0.289 e. The number of hydrogen-bond donors (Lipinski definition) is 0. The van der Waals surface area contributed by atoms with E-state index >= 15 is 0 Å². The second-order valence-corrected chi connectivity index (χ2v) is 6.52. The first-order chi connectivity index (χ1) is 9.61. The summed E-state index contributed by atoms with van der Waals surface area (Å²) in [5.74, 6) is 0.0419. The fourth-order valence-corrected chi connectivity index (χ4v) is 2.82. The molecule has 104 valence electrons. The minimum absolute atomic E-state index is 0.0419. The van der Waals surface area contributed by atoms with Crippen molar-refractivity contribution >= 4 is 37.6 Å². The van der Waals surface area contributed by atoms with Gasteiger partial charge in [0, 0.05) is 20.1 Å².